The highest BCUT2D eigenvalue weighted by atomic mass is 32.2. The Labute approximate surface area is 173 Å². The van der Waals surface area contributed by atoms with Gasteiger partial charge in [0.25, 0.3) is 5.91 Å². The average molecular weight is 419 g/mol. The van der Waals surface area contributed by atoms with Gasteiger partial charge in [-0.25, -0.2) is 12.7 Å². The summed E-state index contributed by atoms with van der Waals surface area (Å²) in [4.78, 5) is 12.8. The van der Waals surface area contributed by atoms with E-state index in [-0.39, 0.29) is 23.3 Å². The molecular weight excluding hydrogens is 388 g/mol. The van der Waals surface area contributed by atoms with E-state index in [1.807, 2.05) is 25.1 Å². The van der Waals surface area contributed by atoms with Crippen LogP contribution >= 0.6 is 0 Å². The zero-order valence-corrected chi connectivity index (χ0v) is 18.7. The van der Waals surface area contributed by atoms with Crippen LogP contribution in [-0.2, 0) is 21.4 Å². The van der Waals surface area contributed by atoms with E-state index in [0.29, 0.717) is 11.3 Å². The van der Waals surface area contributed by atoms with Crippen LogP contribution in [0.15, 0.2) is 47.4 Å². The Bertz CT molecular complexity index is 969. The smallest absolute Gasteiger partial charge is 0.261 e. The molecule has 158 valence electrons. The summed E-state index contributed by atoms with van der Waals surface area (Å²) in [6, 6.07) is 12.6. The highest BCUT2D eigenvalue weighted by Gasteiger charge is 2.22. The number of carbonyl (C=O) groups excluding carboxylic acids is 1. The number of ether oxygens (including phenoxy) is 1. The van der Waals surface area contributed by atoms with Crippen molar-refractivity contribution in [3.63, 3.8) is 0 Å². The maximum absolute atomic E-state index is 12.6. The molecule has 0 aliphatic heterocycles. The van der Waals surface area contributed by atoms with Crippen molar-refractivity contribution in [3.05, 3.63) is 59.2 Å². The molecule has 2 rings (SSSR count). The zero-order valence-electron chi connectivity index (χ0n) is 17.9. The van der Waals surface area contributed by atoms with E-state index in [9.17, 15) is 13.2 Å². The lowest BCUT2D eigenvalue weighted by atomic mass is 10.0. The highest BCUT2D eigenvalue weighted by Crippen LogP contribution is 2.28. The van der Waals surface area contributed by atoms with Gasteiger partial charge < -0.3 is 10.1 Å². The summed E-state index contributed by atoms with van der Waals surface area (Å²) in [5, 5.41) is 2.79. The number of aryl methyl sites for hydroxylation is 1. The summed E-state index contributed by atoms with van der Waals surface area (Å²) in [7, 11) is -0.632. The van der Waals surface area contributed by atoms with Crippen molar-refractivity contribution in [1.82, 2.24) is 9.62 Å². The fourth-order valence-corrected chi connectivity index (χ4v) is 4.00. The second-order valence-electron chi connectivity index (χ2n) is 7.57. The first-order chi connectivity index (χ1) is 13.5. The van der Waals surface area contributed by atoms with Crippen LogP contribution in [0.25, 0.3) is 0 Å². The van der Waals surface area contributed by atoms with Crippen LogP contribution in [0.1, 0.15) is 43.4 Å². The molecule has 1 atom stereocenters. The van der Waals surface area contributed by atoms with Crippen LogP contribution in [0, 0.1) is 6.92 Å². The summed E-state index contributed by atoms with van der Waals surface area (Å²) in [5.74, 6) is 0.653. The van der Waals surface area contributed by atoms with Gasteiger partial charge in [-0.2, -0.15) is 0 Å². The molecule has 1 amide bonds. The Morgan fingerprint density at radius 2 is 1.76 bits per heavy atom. The molecule has 7 heteroatoms. The molecule has 1 unspecified atom stereocenters. The molecule has 2 aromatic carbocycles. The van der Waals surface area contributed by atoms with E-state index >= 15 is 0 Å². The van der Waals surface area contributed by atoms with Gasteiger partial charge in [0.2, 0.25) is 10.0 Å². The molecule has 6 nitrogen and oxygen atoms in total. The van der Waals surface area contributed by atoms with E-state index < -0.39 is 16.1 Å². The summed E-state index contributed by atoms with van der Waals surface area (Å²) >= 11 is 0. The number of nitrogens with one attached hydrogen (secondary N) is 1. The number of carbonyl (C=O) groups is 1. The molecule has 1 N–H and O–H groups in total. The van der Waals surface area contributed by atoms with Crippen molar-refractivity contribution < 1.29 is 17.9 Å². The van der Waals surface area contributed by atoms with E-state index in [2.05, 4.69) is 19.2 Å². The van der Waals surface area contributed by atoms with Gasteiger partial charge in [0.1, 0.15) is 5.75 Å². The highest BCUT2D eigenvalue weighted by molar-refractivity contribution is 7.89. The van der Waals surface area contributed by atoms with Gasteiger partial charge in [-0.05, 0) is 48.6 Å². The molecule has 0 saturated carbocycles. The van der Waals surface area contributed by atoms with Crippen molar-refractivity contribution in [2.75, 3.05) is 14.1 Å². The quantitative estimate of drug-likeness (QED) is 0.712. The van der Waals surface area contributed by atoms with Gasteiger partial charge in [0.15, 0.2) is 6.10 Å². The molecule has 29 heavy (non-hydrogen) atoms. The first kappa shape index (κ1) is 22.9. The lowest BCUT2D eigenvalue weighted by Crippen LogP contribution is -2.36. The SMILES string of the molecule is Cc1ccc(C(C)C)c(OC(C)C(=O)NCc2ccccc2S(=O)(=O)N(C)C)c1. The Morgan fingerprint density at radius 3 is 2.38 bits per heavy atom. The molecule has 0 bridgehead atoms. The maximum Gasteiger partial charge on any atom is 0.261 e. The molecule has 0 heterocycles. The molecule has 0 aliphatic rings. The minimum atomic E-state index is -3.59. The number of rotatable bonds is 8. The summed E-state index contributed by atoms with van der Waals surface area (Å²) in [6.45, 7) is 7.91. The fourth-order valence-electron chi connectivity index (χ4n) is 2.89. The van der Waals surface area contributed by atoms with Crippen LogP contribution in [-0.4, -0.2) is 38.8 Å². The average Bonchev–Trinajstić information content (AvgIpc) is 2.65. The first-order valence-electron chi connectivity index (χ1n) is 9.59. The Kier molecular flexibility index (Phi) is 7.43. The van der Waals surface area contributed by atoms with Crippen LogP contribution in [0.5, 0.6) is 5.75 Å². The number of sulfonamides is 1. The van der Waals surface area contributed by atoms with Crippen LogP contribution in [0.2, 0.25) is 0 Å². The van der Waals surface area contributed by atoms with Crippen LogP contribution in [0.4, 0.5) is 0 Å². The van der Waals surface area contributed by atoms with Crippen molar-refractivity contribution in [3.8, 4) is 5.75 Å². The molecule has 2 aromatic rings. The number of benzene rings is 2. The third kappa shape index (κ3) is 5.58. The number of hydrogen-bond acceptors (Lipinski definition) is 4. The molecule has 0 aliphatic carbocycles. The molecule has 0 aromatic heterocycles. The number of amides is 1. The lowest BCUT2D eigenvalue weighted by Gasteiger charge is -2.20. The largest absolute Gasteiger partial charge is 0.481 e. The number of hydrogen-bond donors (Lipinski definition) is 1. The van der Waals surface area contributed by atoms with Gasteiger partial charge in [-0.1, -0.05) is 44.2 Å². The minimum absolute atomic E-state index is 0.0978. The maximum atomic E-state index is 12.6. The predicted octanol–water partition coefficient (Wildman–Crippen LogP) is 3.45. The van der Waals surface area contributed by atoms with Gasteiger partial charge in [-0.3, -0.25) is 4.79 Å². The molecule has 0 spiro atoms. The van der Waals surface area contributed by atoms with Crippen molar-refractivity contribution in [1.29, 1.82) is 0 Å². The third-order valence-corrected chi connectivity index (χ3v) is 6.56. The summed E-state index contributed by atoms with van der Waals surface area (Å²) in [5.41, 5.74) is 2.62. The first-order valence-corrected chi connectivity index (χ1v) is 11.0. The van der Waals surface area contributed by atoms with E-state index in [0.717, 1.165) is 15.4 Å². The monoisotopic (exact) mass is 418 g/mol. The standard InChI is InChI=1S/C22H30N2O4S/c1-15(2)19-12-11-16(3)13-20(19)28-17(4)22(25)23-14-18-9-7-8-10-21(18)29(26,27)24(5)6/h7-13,15,17H,14H2,1-6H3,(H,23,25). The minimum Gasteiger partial charge on any atom is -0.481 e. The van der Waals surface area contributed by atoms with Gasteiger partial charge >= 0.3 is 0 Å². The Hall–Kier alpha value is -2.38. The van der Waals surface area contributed by atoms with Gasteiger partial charge in [0.05, 0.1) is 4.90 Å². The normalized spacial score (nSPS) is 12.8. The molecule has 0 radical (unpaired) electrons. The zero-order chi connectivity index (χ0) is 21.8. The van der Waals surface area contributed by atoms with Gasteiger partial charge in [0, 0.05) is 20.6 Å². The van der Waals surface area contributed by atoms with E-state index in [1.165, 1.54) is 14.1 Å². The Balaban J connectivity index is 2.12. The van der Waals surface area contributed by atoms with Crippen LogP contribution in [0.3, 0.4) is 0 Å². The Morgan fingerprint density at radius 1 is 1.10 bits per heavy atom. The fraction of sp³-hybridized carbons (Fsp3) is 0.409. The second kappa shape index (κ2) is 9.41. The molecule has 0 saturated heterocycles. The topological polar surface area (TPSA) is 75.7 Å². The van der Waals surface area contributed by atoms with E-state index in [4.69, 9.17) is 4.74 Å². The van der Waals surface area contributed by atoms with Crippen molar-refractivity contribution in [2.45, 2.75) is 51.2 Å². The van der Waals surface area contributed by atoms with Gasteiger partial charge in [-0.15, -0.1) is 0 Å². The predicted molar refractivity (Wildman–Crippen MR) is 115 cm³/mol. The van der Waals surface area contributed by atoms with Crippen molar-refractivity contribution >= 4 is 15.9 Å². The second-order valence-corrected chi connectivity index (χ2v) is 9.69. The molecular formula is C22H30N2O4S. The van der Waals surface area contributed by atoms with E-state index in [1.54, 1.807) is 31.2 Å². The summed E-state index contributed by atoms with van der Waals surface area (Å²) < 4.78 is 32.1. The summed E-state index contributed by atoms with van der Waals surface area (Å²) in [6.07, 6.45) is -0.716. The molecule has 0 fully saturated rings. The number of nitrogens with zero attached hydrogens (tertiary/aromatic N) is 1. The third-order valence-electron chi connectivity index (χ3n) is 4.65. The van der Waals surface area contributed by atoms with Crippen LogP contribution < -0.4 is 10.1 Å². The van der Waals surface area contributed by atoms with Crippen molar-refractivity contribution in [2.24, 2.45) is 0 Å². The lowest BCUT2D eigenvalue weighted by molar-refractivity contribution is -0.127.